The highest BCUT2D eigenvalue weighted by atomic mass is 15.1. The molecule has 1 heterocycles. The lowest BCUT2D eigenvalue weighted by atomic mass is 10.1. The third-order valence-electron chi connectivity index (χ3n) is 3.65. The second kappa shape index (κ2) is 7.98. The lowest BCUT2D eigenvalue weighted by Gasteiger charge is -2.19. The van der Waals surface area contributed by atoms with E-state index in [-0.39, 0.29) is 0 Å². The van der Waals surface area contributed by atoms with Crippen LogP contribution in [0.2, 0.25) is 0 Å². The average Bonchev–Trinajstić information content (AvgIpc) is 2.50. The summed E-state index contributed by atoms with van der Waals surface area (Å²) in [6.45, 7) is 9.85. The van der Waals surface area contributed by atoms with Crippen LogP contribution in [0.15, 0.2) is 36.5 Å². The molecule has 0 unspecified atom stereocenters. The summed E-state index contributed by atoms with van der Waals surface area (Å²) in [6, 6.07) is 10.4. The zero-order valence-corrected chi connectivity index (χ0v) is 12.6. The van der Waals surface area contributed by atoms with Crippen molar-refractivity contribution in [2.75, 3.05) is 26.2 Å². The number of aromatic nitrogens is 1. The highest BCUT2D eigenvalue weighted by Gasteiger charge is 2.02. The Morgan fingerprint density at radius 1 is 1.10 bits per heavy atom. The predicted octanol–water partition coefficient (Wildman–Crippen LogP) is 3.06. The highest BCUT2D eigenvalue weighted by molar-refractivity contribution is 5.81. The maximum Gasteiger partial charge on any atom is 0.0705 e. The number of fused-ring (bicyclic) bond motifs is 1. The van der Waals surface area contributed by atoms with Crippen LogP contribution in [0.4, 0.5) is 0 Å². The summed E-state index contributed by atoms with van der Waals surface area (Å²) in [4.78, 5) is 6.88. The van der Waals surface area contributed by atoms with Gasteiger partial charge in [0.05, 0.1) is 5.52 Å². The number of likely N-dealkylation sites (N-methyl/N-ethyl adjacent to an activating group) is 1. The van der Waals surface area contributed by atoms with E-state index in [0.29, 0.717) is 0 Å². The van der Waals surface area contributed by atoms with Crippen LogP contribution in [0.1, 0.15) is 25.8 Å². The highest BCUT2D eigenvalue weighted by Crippen LogP contribution is 2.15. The number of hydrogen-bond donors (Lipinski definition) is 1. The molecule has 0 amide bonds. The summed E-state index contributed by atoms with van der Waals surface area (Å²) >= 11 is 0. The second-order valence-electron chi connectivity index (χ2n) is 5.10. The topological polar surface area (TPSA) is 28.2 Å². The van der Waals surface area contributed by atoms with Gasteiger partial charge in [-0.3, -0.25) is 4.98 Å². The number of benzene rings is 1. The van der Waals surface area contributed by atoms with Gasteiger partial charge < -0.3 is 10.2 Å². The van der Waals surface area contributed by atoms with Gasteiger partial charge in [-0.1, -0.05) is 32.0 Å². The molecule has 2 aromatic rings. The van der Waals surface area contributed by atoms with Crippen LogP contribution in [0.25, 0.3) is 10.9 Å². The van der Waals surface area contributed by atoms with Gasteiger partial charge in [-0.25, -0.2) is 0 Å². The molecule has 0 radical (unpaired) electrons. The molecule has 0 atom stereocenters. The number of rotatable bonds is 8. The SMILES string of the molecule is CCCN(CC)CCNCc1ccnc2ccccc12. The van der Waals surface area contributed by atoms with Crippen LogP contribution in [-0.2, 0) is 6.54 Å². The first kappa shape index (κ1) is 14.9. The van der Waals surface area contributed by atoms with Gasteiger partial charge in [0, 0.05) is 31.2 Å². The van der Waals surface area contributed by atoms with Gasteiger partial charge in [-0.2, -0.15) is 0 Å². The molecule has 0 fully saturated rings. The van der Waals surface area contributed by atoms with Crippen LogP contribution < -0.4 is 5.32 Å². The number of pyridine rings is 1. The van der Waals surface area contributed by atoms with Crippen LogP contribution >= 0.6 is 0 Å². The van der Waals surface area contributed by atoms with Gasteiger partial charge in [-0.15, -0.1) is 0 Å². The summed E-state index contributed by atoms with van der Waals surface area (Å²) < 4.78 is 0. The molecule has 1 aromatic carbocycles. The fraction of sp³-hybridized carbons (Fsp3) is 0.471. The minimum Gasteiger partial charge on any atom is -0.311 e. The lowest BCUT2D eigenvalue weighted by molar-refractivity contribution is 0.287. The van der Waals surface area contributed by atoms with Crippen molar-refractivity contribution in [2.45, 2.75) is 26.8 Å². The molecule has 0 saturated heterocycles. The van der Waals surface area contributed by atoms with E-state index in [0.717, 1.165) is 31.7 Å². The Bertz CT molecular complexity index is 519. The number of nitrogens with one attached hydrogen (secondary N) is 1. The number of para-hydroxylation sites is 1. The van der Waals surface area contributed by atoms with E-state index in [2.05, 4.69) is 53.3 Å². The quantitative estimate of drug-likeness (QED) is 0.748. The van der Waals surface area contributed by atoms with E-state index in [4.69, 9.17) is 0 Å². The molecule has 0 aliphatic heterocycles. The van der Waals surface area contributed by atoms with Gasteiger partial charge in [-0.05, 0) is 37.2 Å². The number of hydrogen-bond acceptors (Lipinski definition) is 3. The molecule has 0 saturated carbocycles. The molecule has 108 valence electrons. The molecule has 0 aliphatic rings. The van der Waals surface area contributed by atoms with E-state index in [1.54, 1.807) is 0 Å². The van der Waals surface area contributed by atoms with Gasteiger partial charge in [0.25, 0.3) is 0 Å². The molecule has 1 N–H and O–H groups in total. The molecule has 2 rings (SSSR count). The van der Waals surface area contributed by atoms with Crippen molar-refractivity contribution in [3.63, 3.8) is 0 Å². The summed E-state index contributed by atoms with van der Waals surface area (Å²) in [7, 11) is 0. The van der Waals surface area contributed by atoms with E-state index < -0.39 is 0 Å². The van der Waals surface area contributed by atoms with Crippen molar-refractivity contribution in [2.24, 2.45) is 0 Å². The Balaban J connectivity index is 1.87. The molecule has 3 heteroatoms. The summed E-state index contributed by atoms with van der Waals surface area (Å²) in [6.07, 6.45) is 3.12. The van der Waals surface area contributed by atoms with E-state index >= 15 is 0 Å². The van der Waals surface area contributed by atoms with Crippen molar-refractivity contribution in [1.82, 2.24) is 15.2 Å². The zero-order chi connectivity index (χ0) is 14.2. The average molecular weight is 271 g/mol. The van der Waals surface area contributed by atoms with Crippen LogP contribution in [-0.4, -0.2) is 36.1 Å². The third kappa shape index (κ3) is 4.02. The summed E-state index contributed by atoms with van der Waals surface area (Å²) in [5.74, 6) is 0. The lowest BCUT2D eigenvalue weighted by Crippen LogP contribution is -2.32. The van der Waals surface area contributed by atoms with Crippen LogP contribution in [0.5, 0.6) is 0 Å². The molecule has 0 spiro atoms. The monoisotopic (exact) mass is 271 g/mol. The van der Waals surface area contributed by atoms with Crippen molar-refractivity contribution in [3.8, 4) is 0 Å². The van der Waals surface area contributed by atoms with Crippen molar-refractivity contribution in [3.05, 3.63) is 42.1 Å². The van der Waals surface area contributed by atoms with E-state index in [1.807, 2.05) is 12.3 Å². The molecule has 20 heavy (non-hydrogen) atoms. The largest absolute Gasteiger partial charge is 0.311 e. The second-order valence-corrected chi connectivity index (χ2v) is 5.10. The Morgan fingerprint density at radius 2 is 1.95 bits per heavy atom. The predicted molar refractivity (Wildman–Crippen MR) is 85.9 cm³/mol. The first-order valence-corrected chi connectivity index (χ1v) is 7.60. The van der Waals surface area contributed by atoms with E-state index in [9.17, 15) is 0 Å². The minimum atomic E-state index is 0.909. The fourth-order valence-electron chi connectivity index (χ4n) is 2.51. The Morgan fingerprint density at radius 3 is 2.75 bits per heavy atom. The first-order chi connectivity index (χ1) is 9.85. The normalized spacial score (nSPS) is 11.3. The van der Waals surface area contributed by atoms with Gasteiger partial charge >= 0.3 is 0 Å². The molecule has 3 nitrogen and oxygen atoms in total. The summed E-state index contributed by atoms with van der Waals surface area (Å²) in [5, 5.41) is 4.80. The fourth-order valence-corrected chi connectivity index (χ4v) is 2.51. The Hall–Kier alpha value is -1.45. The van der Waals surface area contributed by atoms with Crippen LogP contribution in [0, 0.1) is 0 Å². The third-order valence-corrected chi connectivity index (χ3v) is 3.65. The molecular formula is C17H25N3. The minimum absolute atomic E-state index is 0.909. The van der Waals surface area contributed by atoms with Crippen molar-refractivity contribution >= 4 is 10.9 Å². The van der Waals surface area contributed by atoms with Crippen LogP contribution in [0.3, 0.4) is 0 Å². The molecule has 0 bridgehead atoms. The Labute approximate surface area is 122 Å². The molecular weight excluding hydrogens is 246 g/mol. The van der Waals surface area contributed by atoms with Gasteiger partial charge in [0.1, 0.15) is 0 Å². The molecule has 1 aromatic heterocycles. The maximum absolute atomic E-state index is 4.40. The Kier molecular flexibility index (Phi) is 5.96. The zero-order valence-electron chi connectivity index (χ0n) is 12.6. The molecule has 0 aliphatic carbocycles. The van der Waals surface area contributed by atoms with Gasteiger partial charge in [0.15, 0.2) is 0 Å². The maximum atomic E-state index is 4.40. The van der Waals surface area contributed by atoms with Crippen molar-refractivity contribution < 1.29 is 0 Å². The number of nitrogens with zero attached hydrogens (tertiary/aromatic N) is 2. The van der Waals surface area contributed by atoms with E-state index in [1.165, 1.54) is 23.9 Å². The smallest absolute Gasteiger partial charge is 0.0705 e. The van der Waals surface area contributed by atoms with Crippen molar-refractivity contribution in [1.29, 1.82) is 0 Å². The van der Waals surface area contributed by atoms with Gasteiger partial charge in [0.2, 0.25) is 0 Å². The first-order valence-electron chi connectivity index (χ1n) is 7.60. The standard InChI is InChI=1S/C17H25N3/c1-3-12-20(4-2)13-11-18-14-15-9-10-19-17-8-6-5-7-16(15)17/h5-10,18H,3-4,11-14H2,1-2H3. The summed E-state index contributed by atoms with van der Waals surface area (Å²) in [5.41, 5.74) is 2.40.